The number of urea groups is 1. The van der Waals surface area contributed by atoms with Gasteiger partial charge in [-0.05, 0) is 55.5 Å². The maximum absolute atomic E-state index is 13.8. The average Bonchev–Trinajstić information content (AvgIpc) is 3.50. The van der Waals surface area contributed by atoms with Gasteiger partial charge in [0.2, 0.25) is 16.8 Å². The predicted octanol–water partition coefficient (Wildman–Crippen LogP) is 3.61. The Morgan fingerprint density at radius 3 is 2.56 bits per heavy atom. The van der Waals surface area contributed by atoms with Gasteiger partial charge in [-0.15, -0.1) is 0 Å². The molecule has 3 aromatic carbocycles. The van der Waals surface area contributed by atoms with Gasteiger partial charge in [-0.25, -0.2) is 13.2 Å². The molecule has 0 saturated heterocycles. The molecule has 2 aliphatic heterocycles. The summed E-state index contributed by atoms with van der Waals surface area (Å²) in [6, 6.07) is 14.7. The first-order valence-corrected chi connectivity index (χ1v) is 15.8. The Balaban J connectivity index is 1.44. The summed E-state index contributed by atoms with van der Waals surface area (Å²) >= 11 is 0. The monoisotopic (exact) mass is 640 g/mol. The lowest BCUT2D eigenvalue weighted by molar-refractivity contribution is 0.0389. The Morgan fingerprint density at radius 2 is 1.84 bits per heavy atom. The largest absolute Gasteiger partial charge is 0.497 e. The summed E-state index contributed by atoms with van der Waals surface area (Å²) in [5.74, 6) is 0.908. The van der Waals surface area contributed by atoms with E-state index < -0.39 is 34.1 Å². The smallest absolute Gasteiger partial charge is 0.323 e. The molecule has 13 nitrogen and oxygen atoms in total. The highest BCUT2D eigenvalue weighted by Crippen LogP contribution is 2.37. The van der Waals surface area contributed by atoms with Crippen LogP contribution in [-0.4, -0.2) is 87.5 Å². The summed E-state index contributed by atoms with van der Waals surface area (Å²) in [6.07, 6.45) is -0.747. The van der Waals surface area contributed by atoms with Crippen LogP contribution >= 0.6 is 0 Å². The number of aliphatic hydroxyl groups is 1. The van der Waals surface area contributed by atoms with Crippen LogP contribution in [0.1, 0.15) is 24.2 Å². The molecule has 240 valence electrons. The number of carbonyl (C=O) groups excluding carboxylic acids is 2. The van der Waals surface area contributed by atoms with Gasteiger partial charge >= 0.3 is 6.03 Å². The molecule has 0 saturated carbocycles. The fourth-order valence-corrected chi connectivity index (χ4v) is 6.28. The number of para-hydroxylation sites is 1. The maximum atomic E-state index is 13.8. The van der Waals surface area contributed by atoms with Gasteiger partial charge in [-0.2, -0.15) is 4.31 Å². The number of anilines is 2. The highest BCUT2D eigenvalue weighted by molar-refractivity contribution is 7.89. The molecule has 2 heterocycles. The van der Waals surface area contributed by atoms with Crippen LogP contribution in [0.5, 0.6) is 23.0 Å². The number of benzene rings is 3. The molecule has 3 aromatic rings. The number of hydrogen-bond donors (Lipinski definition) is 3. The van der Waals surface area contributed by atoms with Crippen LogP contribution in [0.4, 0.5) is 16.2 Å². The van der Waals surface area contributed by atoms with Crippen molar-refractivity contribution >= 4 is 33.3 Å². The zero-order valence-electron chi connectivity index (χ0n) is 25.3. The van der Waals surface area contributed by atoms with Crippen molar-refractivity contribution in [2.24, 2.45) is 5.92 Å². The Bertz CT molecular complexity index is 1670. The van der Waals surface area contributed by atoms with Crippen molar-refractivity contribution in [1.29, 1.82) is 0 Å². The van der Waals surface area contributed by atoms with E-state index in [-0.39, 0.29) is 54.3 Å². The van der Waals surface area contributed by atoms with Gasteiger partial charge in [-0.3, -0.25) is 4.79 Å². The number of nitrogens with zero attached hydrogens (tertiary/aromatic N) is 2. The quantitative estimate of drug-likeness (QED) is 0.318. The molecule has 45 heavy (non-hydrogen) atoms. The highest BCUT2D eigenvalue weighted by Gasteiger charge is 2.36. The number of aliphatic hydroxyl groups excluding tert-OH is 1. The van der Waals surface area contributed by atoms with E-state index >= 15 is 0 Å². The molecule has 0 spiro atoms. The predicted molar refractivity (Wildman–Crippen MR) is 166 cm³/mol. The van der Waals surface area contributed by atoms with E-state index in [9.17, 15) is 23.1 Å². The maximum Gasteiger partial charge on any atom is 0.323 e. The molecule has 0 fully saturated rings. The molecule has 5 rings (SSSR count). The first-order valence-electron chi connectivity index (χ1n) is 14.3. The summed E-state index contributed by atoms with van der Waals surface area (Å²) in [4.78, 5) is 28.5. The van der Waals surface area contributed by atoms with Crippen molar-refractivity contribution in [1.82, 2.24) is 9.21 Å². The number of hydrogen-bond acceptors (Lipinski definition) is 9. The number of likely N-dealkylation sites (N-methyl/N-ethyl adjacent to an activating group) is 1. The van der Waals surface area contributed by atoms with E-state index in [1.165, 1.54) is 35.5 Å². The van der Waals surface area contributed by atoms with Crippen LogP contribution < -0.4 is 29.6 Å². The fraction of sp³-hybridized carbons (Fsp3) is 0.355. The molecule has 0 aromatic heterocycles. The molecule has 0 bridgehead atoms. The van der Waals surface area contributed by atoms with Crippen molar-refractivity contribution in [3.05, 3.63) is 66.2 Å². The number of ether oxygens (including phenoxy) is 4. The van der Waals surface area contributed by atoms with Gasteiger partial charge in [-0.1, -0.05) is 13.0 Å². The first kappa shape index (κ1) is 31.9. The number of methoxy groups -OCH3 is 1. The van der Waals surface area contributed by atoms with E-state index in [4.69, 9.17) is 18.9 Å². The molecule has 0 aliphatic carbocycles. The Kier molecular flexibility index (Phi) is 9.37. The Morgan fingerprint density at radius 1 is 1.11 bits per heavy atom. The average molecular weight is 641 g/mol. The number of carbonyl (C=O) groups is 2. The van der Waals surface area contributed by atoms with E-state index in [1.54, 1.807) is 55.5 Å². The molecule has 3 atom stereocenters. The lowest BCUT2D eigenvalue weighted by Gasteiger charge is -2.38. The Labute approximate surface area is 261 Å². The van der Waals surface area contributed by atoms with Gasteiger partial charge in [0.1, 0.15) is 11.9 Å². The second-order valence-corrected chi connectivity index (χ2v) is 13.0. The van der Waals surface area contributed by atoms with Crippen molar-refractivity contribution < 1.29 is 42.1 Å². The zero-order valence-corrected chi connectivity index (χ0v) is 26.2. The van der Waals surface area contributed by atoms with Crippen LogP contribution in [0.3, 0.4) is 0 Å². The Hall–Kier alpha value is -4.53. The second-order valence-electron chi connectivity index (χ2n) is 10.9. The number of fused-ring (bicyclic) bond motifs is 2. The number of nitrogens with one attached hydrogen (secondary N) is 2. The number of amides is 3. The summed E-state index contributed by atoms with van der Waals surface area (Å²) in [5, 5.41) is 15.4. The van der Waals surface area contributed by atoms with Crippen molar-refractivity contribution in [2.45, 2.75) is 30.9 Å². The van der Waals surface area contributed by atoms with Gasteiger partial charge in [0, 0.05) is 31.3 Å². The third-order valence-electron chi connectivity index (χ3n) is 7.77. The minimum absolute atomic E-state index is 0.0672. The van der Waals surface area contributed by atoms with Gasteiger partial charge in [0.25, 0.3) is 5.91 Å². The molecule has 3 amide bonds. The SMILES string of the molecule is COc1ccc(S(=O)(=O)N(C)C[C@@H]2Oc3c(NC(=O)Nc4ccc5c(c4)OCO5)cccc3C(=O)N([C@@H](C)CO)C[C@@H]2C)cc1. The van der Waals surface area contributed by atoms with Crippen molar-refractivity contribution in [3.63, 3.8) is 0 Å². The summed E-state index contributed by atoms with van der Waals surface area (Å²) in [5.41, 5.74) is 0.816. The lowest BCUT2D eigenvalue weighted by Crippen LogP contribution is -2.50. The third kappa shape index (κ3) is 6.77. The molecular formula is C31H36N4O9S. The normalized spacial score (nSPS) is 18.4. The second kappa shape index (κ2) is 13.2. The minimum atomic E-state index is -3.92. The summed E-state index contributed by atoms with van der Waals surface area (Å²) in [7, 11) is -0.968. The van der Waals surface area contributed by atoms with Crippen LogP contribution in [0.2, 0.25) is 0 Å². The molecule has 2 aliphatic rings. The van der Waals surface area contributed by atoms with Crippen LogP contribution in [0.15, 0.2) is 65.6 Å². The fourth-order valence-electron chi connectivity index (χ4n) is 5.10. The molecule has 0 unspecified atom stereocenters. The summed E-state index contributed by atoms with van der Waals surface area (Å²) in [6.45, 7) is 3.51. The van der Waals surface area contributed by atoms with E-state index in [2.05, 4.69) is 10.6 Å². The van der Waals surface area contributed by atoms with Crippen molar-refractivity contribution in [3.8, 4) is 23.0 Å². The summed E-state index contributed by atoms with van der Waals surface area (Å²) < 4.78 is 50.5. The van der Waals surface area contributed by atoms with Crippen LogP contribution in [-0.2, 0) is 10.0 Å². The first-order chi connectivity index (χ1) is 21.5. The zero-order chi connectivity index (χ0) is 32.3. The molecule has 14 heteroatoms. The van der Waals surface area contributed by atoms with Gasteiger partial charge in [0.05, 0.1) is 42.4 Å². The molecule has 0 radical (unpaired) electrons. The van der Waals surface area contributed by atoms with E-state index in [1.807, 2.05) is 6.92 Å². The number of rotatable bonds is 9. The topological polar surface area (TPSA) is 156 Å². The van der Waals surface area contributed by atoms with Gasteiger partial charge in [0.15, 0.2) is 17.2 Å². The van der Waals surface area contributed by atoms with E-state index in [0.29, 0.717) is 22.9 Å². The molecular weight excluding hydrogens is 604 g/mol. The third-order valence-corrected chi connectivity index (χ3v) is 9.61. The number of sulfonamides is 1. The molecule has 3 N–H and O–H groups in total. The standard InChI is InChI=1S/C31H36N4O9S/c1-19-15-35(20(2)17-36)30(37)24-6-5-7-25(33-31(38)32-21-8-13-26-27(14-21)43-18-42-26)29(24)44-28(19)16-34(3)45(39,40)23-11-9-22(41-4)10-12-23/h5-14,19-20,28,36H,15-18H2,1-4H3,(H2,32,33,38)/t19-,20-,28-/m0/s1. The van der Waals surface area contributed by atoms with Gasteiger partial charge < -0.3 is 39.6 Å². The van der Waals surface area contributed by atoms with Crippen molar-refractivity contribution in [2.75, 3.05) is 51.3 Å². The highest BCUT2D eigenvalue weighted by atomic mass is 32.2. The van der Waals surface area contributed by atoms with Crippen LogP contribution in [0, 0.1) is 5.92 Å². The van der Waals surface area contributed by atoms with E-state index in [0.717, 1.165) is 0 Å². The minimum Gasteiger partial charge on any atom is -0.497 e. The van der Waals surface area contributed by atoms with Crippen LogP contribution in [0.25, 0.3) is 0 Å². The lowest BCUT2D eigenvalue weighted by atomic mass is 9.99.